The molecule has 2 nitrogen and oxygen atoms in total. The van der Waals surface area contributed by atoms with Gasteiger partial charge in [0.15, 0.2) is 0 Å². The van der Waals surface area contributed by atoms with Crippen LogP contribution < -0.4 is 0 Å². The minimum atomic E-state index is 0.375. The predicted molar refractivity (Wildman–Crippen MR) is 54.5 cm³/mol. The highest BCUT2D eigenvalue weighted by molar-refractivity contribution is 5.36. The van der Waals surface area contributed by atoms with E-state index >= 15 is 0 Å². The summed E-state index contributed by atoms with van der Waals surface area (Å²) in [6, 6.07) is 0. The Morgan fingerprint density at radius 3 is 2.54 bits per heavy atom. The number of hydrogen-bond donors (Lipinski definition) is 0. The lowest BCUT2D eigenvalue weighted by molar-refractivity contribution is -0.126. The van der Waals surface area contributed by atoms with Gasteiger partial charge in [-0.3, -0.25) is 4.79 Å². The van der Waals surface area contributed by atoms with Gasteiger partial charge in [-0.1, -0.05) is 25.5 Å². The second kappa shape index (κ2) is 9.30. The van der Waals surface area contributed by atoms with Crippen LogP contribution in [-0.4, -0.2) is 13.6 Å². The molecular formula is C11H20O2. The summed E-state index contributed by atoms with van der Waals surface area (Å²) in [5.74, 6) is 0.968. The van der Waals surface area contributed by atoms with Crippen LogP contribution in [0.3, 0.4) is 0 Å². The van der Waals surface area contributed by atoms with Crippen LogP contribution in [0.4, 0.5) is 0 Å². The summed E-state index contributed by atoms with van der Waals surface area (Å²) < 4.78 is 3.86. The zero-order valence-corrected chi connectivity index (χ0v) is 8.66. The summed E-state index contributed by atoms with van der Waals surface area (Å²) in [6.07, 6.45) is 11.5. The first kappa shape index (κ1) is 12.2. The van der Waals surface area contributed by atoms with E-state index < -0.39 is 0 Å². The molecule has 0 saturated carbocycles. The van der Waals surface area contributed by atoms with Gasteiger partial charge < -0.3 is 4.74 Å². The van der Waals surface area contributed by atoms with Gasteiger partial charge in [0, 0.05) is 0 Å². The van der Waals surface area contributed by atoms with Crippen molar-refractivity contribution in [3.05, 3.63) is 12.2 Å². The zero-order chi connectivity index (χ0) is 9.94. The van der Waals surface area contributed by atoms with Crippen molar-refractivity contribution in [2.75, 3.05) is 7.11 Å². The lowest BCUT2D eigenvalue weighted by Gasteiger charge is -2.10. The van der Waals surface area contributed by atoms with E-state index in [0.29, 0.717) is 6.47 Å². The summed E-state index contributed by atoms with van der Waals surface area (Å²) >= 11 is 0. The molecule has 0 aliphatic heterocycles. The summed E-state index contributed by atoms with van der Waals surface area (Å²) in [6.45, 7) is 2.74. The molecular weight excluding hydrogens is 164 g/mol. The molecule has 0 saturated heterocycles. The molecule has 0 amide bonds. The lowest BCUT2D eigenvalue weighted by atomic mass is 9.96. The number of hydrogen-bond acceptors (Lipinski definition) is 2. The van der Waals surface area contributed by atoms with Crippen LogP contribution in [0.5, 0.6) is 0 Å². The van der Waals surface area contributed by atoms with Crippen LogP contribution in [0, 0.1) is 5.92 Å². The van der Waals surface area contributed by atoms with E-state index in [2.05, 4.69) is 23.8 Å². The zero-order valence-electron chi connectivity index (χ0n) is 8.66. The first-order valence-electron chi connectivity index (χ1n) is 4.92. The standard InChI is InChI=1S/C9H16.C2H4O2/c1-9-7-5-3-2-4-6-8-9;1-4-2-3/h2-3,9H,4-8H2,1H3;2H,1H3/b3-2-;. The van der Waals surface area contributed by atoms with Crippen molar-refractivity contribution in [1.82, 2.24) is 0 Å². The molecule has 0 aromatic carbocycles. The summed E-state index contributed by atoms with van der Waals surface area (Å²) in [7, 11) is 1.31. The lowest BCUT2D eigenvalue weighted by Crippen LogP contribution is -1.95. The monoisotopic (exact) mass is 184 g/mol. The van der Waals surface area contributed by atoms with Crippen LogP contribution in [-0.2, 0) is 9.53 Å². The average molecular weight is 184 g/mol. The Morgan fingerprint density at radius 2 is 1.92 bits per heavy atom. The molecule has 13 heavy (non-hydrogen) atoms. The highest BCUT2D eigenvalue weighted by Crippen LogP contribution is 2.17. The van der Waals surface area contributed by atoms with Crippen molar-refractivity contribution in [2.24, 2.45) is 5.92 Å². The Balaban J connectivity index is 0.000000310. The molecule has 0 aromatic rings. The molecule has 76 valence electrons. The molecule has 1 aliphatic rings. The van der Waals surface area contributed by atoms with Crippen molar-refractivity contribution in [2.45, 2.75) is 39.0 Å². The summed E-state index contributed by atoms with van der Waals surface area (Å²) in [5, 5.41) is 0. The maximum atomic E-state index is 8.95. The Bertz CT molecular complexity index is 141. The minimum Gasteiger partial charge on any atom is -0.471 e. The molecule has 0 N–H and O–H groups in total. The molecule has 1 atom stereocenters. The third-order valence-electron chi connectivity index (χ3n) is 2.16. The summed E-state index contributed by atoms with van der Waals surface area (Å²) in [5.41, 5.74) is 0. The van der Waals surface area contributed by atoms with Crippen molar-refractivity contribution in [1.29, 1.82) is 0 Å². The molecule has 1 unspecified atom stereocenters. The Labute approximate surface area is 81.0 Å². The minimum absolute atomic E-state index is 0.375. The van der Waals surface area contributed by atoms with Gasteiger partial charge in [-0.05, 0) is 31.6 Å². The predicted octanol–water partition coefficient (Wildman–Crippen LogP) is 2.93. The van der Waals surface area contributed by atoms with Crippen molar-refractivity contribution in [3.63, 3.8) is 0 Å². The molecule has 1 rings (SSSR count). The Kier molecular flexibility index (Phi) is 8.73. The van der Waals surface area contributed by atoms with E-state index in [1.165, 1.54) is 39.2 Å². The highest BCUT2D eigenvalue weighted by Gasteiger charge is 2.01. The number of allylic oxidation sites excluding steroid dienone is 2. The topological polar surface area (TPSA) is 26.3 Å². The van der Waals surface area contributed by atoms with Crippen LogP contribution >= 0.6 is 0 Å². The number of carbonyl (C=O) groups excluding carboxylic acids is 1. The van der Waals surface area contributed by atoms with Gasteiger partial charge in [0.05, 0.1) is 7.11 Å². The first-order valence-corrected chi connectivity index (χ1v) is 4.92. The van der Waals surface area contributed by atoms with Crippen LogP contribution in [0.1, 0.15) is 39.0 Å². The van der Waals surface area contributed by atoms with Crippen LogP contribution in [0.15, 0.2) is 12.2 Å². The number of rotatable bonds is 1. The van der Waals surface area contributed by atoms with Crippen LogP contribution in [0.25, 0.3) is 0 Å². The van der Waals surface area contributed by atoms with E-state index in [-0.39, 0.29) is 0 Å². The van der Waals surface area contributed by atoms with Gasteiger partial charge in [0.25, 0.3) is 6.47 Å². The second-order valence-electron chi connectivity index (χ2n) is 3.42. The number of carbonyl (C=O) groups is 1. The smallest absolute Gasteiger partial charge is 0.292 e. The van der Waals surface area contributed by atoms with Crippen molar-refractivity contribution in [3.8, 4) is 0 Å². The maximum Gasteiger partial charge on any atom is 0.292 e. The molecule has 1 aliphatic carbocycles. The Hall–Kier alpha value is -0.790. The molecule has 0 bridgehead atoms. The Morgan fingerprint density at radius 1 is 1.31 bits per heavy atom. The average Bonchev–Trinajstić information content (AvgIpc) is 2.12. The van der Waals surface area contributed by atoms with Crippen molar-refractivity contribution < 1.29 is 9.53 Å². The molecule has 2 heteroatoms. The van der Waals surface area contributed by atoms with Gasteiger partial charge in [0.1, 0.15) is 0 Å². The largest absolute Gasteiger partial charge is 0.471 e. The summed E-state index contributed by atoms with van der Waals surface area (Å²) in [4.78, 5) is 8.95. The van der Waals surface area contributed by atoms with Crippen molar-refractivity contribution >= 4 is 6.47 Å². The van der Waals surface area contributed by atoms with Gasteiger partial charge in [0.2, 0.25) is 0 Å². The van der Waals surface area contributed by atoms with Gasteiger partial charge >= 0.3 is 0 Å². The molecule has 0 aromatic heterocycles. The fourth-order valence-electron chi connectivity index (χ4n) is 1.34. The molecule has 0 fully saturated rings. The van der Waals surface area contributed by atoms with E-state index in [1.54, 1.807) is 0 Å². The third-order valence-corrected chi connectivity index (χ3v) is 2.16. The van der Waals surface area contributed by atoms with E-state index in [9.17, 15) is 0 Å². The van der Waals surface area contributed by atoms with Crippen LogP contribution in [0.2, 0.25) is 0 Å². The van der Waals surface area contributed by atoms with E-state index in [0.717, 1.165) is 5.92 Å². The first-order chi connectivity index (χ1) is 6.31. The van der Waals surface area contributed by atoms with E-state index in [1.807, 2.05) is 0 Å². The van der Waals surface area contributed by atoms with Gasteiger partial charge in [-0.25, -0.2) is 0 Å². The number of methoxy groups -OCH3 is 1. The van der Waals surface area contributed by atoms with Gasteiger partial charge in [-0.2, -0.15) is 0 Å². The van der Waals surface area contributed by atoms with Gasteiger partial charge in [-0.15, -0.1) is 0 Å². The quantitative estimate of drug-likeness (QED) is 0.462. The van der Waals surface area contributed by atoms with E-state index in [4.69, 9.17) is 4.79 Å². The normalized spacial score (nSPS) is 24.3. The molecule has 0 heterocycles. The fourth-order valence-corrected chi connectivity index (χ4v) is 1.34. The SMILES string of the molecule is CC1CC/C=C\CCC1.COC=O. The fraction of sp³-hybridized carbons (Fsp3) is 0.727. The maximum absolute atomic E-state index is 8.95. The molecule has 0 spiro atoms. The second-order valence-corrected chi connectivity index (χ2v) is 3.42. The third kappa shape index (κ3) is 9.12. The number of ether oxygens (including phenoxy) is 1. The molecule has 0 radical (unpaired) electrons. The highest BCUT2D eigenvalue weighted by atomic mass is 16.5.